The van der Waals surface area contributed by atoms with Gasteiger partial charge in [0.1, 0.15) is 0 Å². The number of rotatable bonds is 5. The van der Waals surface area contributed by atoms with E-state index in [0.29, 0.717) is 19.5 Å². The summed E-state index contributed by atoms with van der Waals surface area (Å²) in [6.45, 7) is 4.73. The molecule has 0 aromatic carbocycles. The van der Waals surface area contributed by atoms with E-state index < -0.39 is 15.7 Å². The van der Waals surface area contributed by atoms with Gasteiger partial charge in [-0.3, -0.25) is 0 Å². The first-order valence-corrected chi connectivity index (χ1v) is 7.75. The van der Waals surface area contributed by atoms with E-state index in [1.807, 2.05) is 6.92 Å². The maximum atomic E-state index is 12.2. The van der Waals surface area contributed by atoms with Crippen molar-refractivity contribution in [3.8, 4) is 0 Å². The topological polar surface area (TPSA) is 75.4 Å². The van der Waals surface area contributed by atoms with Gasteiger partial charge in [0.25, 0.3) is 10.2 Å². The van der Waals surface area contributed by atoms with Gasteiger partial charge in [0, 0.05) is 13.1 Å². The van der Waals surface area contributed by atoms with Crippen molar-refractivity contribution in [1.82, 2.24) is 9.03 Å². The second-order valence-electron chi connectivity index (χ2n) is 4.62. The predicted molar refractivity (Wildman–Crippen MR) is 73.0 cm³/mol. The van der Waals surface area contributed by atoms with Crippen LogP contribution in [0.2, 0.25) is 0 Å². The Morgan fingerprint density at radius 2 is 1.94 bits per heavy atom. The summed E-state index contributed by atoms with van der Waals surface area (Å²) in [5, 5.41) is 0. The van der Waals surface area contributed by atoms with Crippen molar-refractivity contribution in [2.75, 3.05) is 13.1 Å². The number of nitrogens with zero attached hydrogens (tertiary/aromatic N) is 1. The molecule has 17 heavy (non-hydrogen) atoms. The summed E-state index contributed by atoms with van der Waals surface area (Å²) in [5.74, 6) is 0. The van der Waals surface area contributed by atoms with Crippen molar-refractivity contribution in [2.45, 2.75) is 45.1 Å². The summed E-state index contributed by atoms with van der Waals surface area (Å²) in [6.07, 6.45) is 3.45. The van der Waals surface area contributed by atoms with Gasteiger partial charge in [-0.05, 0) is 26.2 Å². The highest BCUT2D eigenvalue weighted by atomic mass is 32.2. The minimum atomic E-state index is -3.48. The smallest absolute Gasteiger partial charge is 0.280 e. The number of piperidine rings is 1. The molecule has 0 saturated carbocycles. The van der Waals surface area contributed by atoms with Crippen LogP contribution in [0.1, 0.15) is 39.5 Å². The number of hydrogen-bond acceptors (Lipinski definition) is 3. The van der Waals surface area contributed by atoms with Crippen molar-refractivity contribution in [3.63, 3.8) is 0 Å². The Morgan fingerprint density at radius 3 is 2.35 bits per heavy atom. The van der Waals surface area contributed by atoms with E-state index in [4.69, 9.17) is 18.0 Å². The number of nitrogens with two attached hydrogens (primary N) is 1. The van der Waals surface area contributed by atoms with Crippen LogP contribution in [0.4, 0.5) is 0 Å². The summed E-state index contributed by atoms with van der Waals surface area (Å²) >= 11 is 4.93. The van der Waals surface area contributed by atoms with Crippen LogP contribution in [0.5, 0.6) is 0 Å². The van der Waals surface area contributed by atoms with Crippen molar-refractivity contribution >= 4 is 27.4 Å². The maximum Gasteiger partial charge on any atom is 0.280 e. The van der Waals surface area contributed by atoms with E-state index in [-0.39, 0.29) is 4.99 Å². The molecule has 0 spiro atoms. The Morgan fingerprint density at radius 1 is 1.41 bits per heavy atom. The first kappa shape index (κ1) is 14.8. The molecule has 1 aliphatic heterocycles. The molecular weight excluding hydrogens is 258 g/mol. The van der Waals surface area contributed by atoms with Crippen molar-refractivity contribution in [3.05, 3.63) is 0 Å². The highest BCUT2D eigenvalue weighted by Crippen LogP contribution is 2.17. The van der Waals surface area contributed by atoms with E-state index in [1.165, 1.54) is 4.31 Å². The second kappa shape index (κ2) is 5.60. The van der Waals surface area contributed by atoms with Crippen molar-refractivity contribution in [1.29, 1.82) is 0 Å². The van der Waals surface area contributed by atoms with Crippen LogP contribution < -0.4 is 10.5 Å². The van der Waals surface area contributed by atoms with Gasteiger partial charge in [-0.2, -0.15) is 17.4 Å². The Hall–Kier alpha value is -0.240. The first-order valence-electron chi connectivity index (χ1n) is 5.91. The summed E-state index contributed by atoms with van der Waals surface area (Å²) in [5.41, 5.74) is 4.76. The Bertz CT molecular complexity index is 377. The van der Waals surface area contributed by atoms with E-state index in [2.05, 4.69) is 4.72 Å². The quantitative estimate of drug-likeness (QED) is 0.729. The number of hydrogen-bond donors (Lipinski definition) is 2. The van der Waals surface area contributed by atoms with Gasteiger partial charge in [-0.15, -0.1) is 0 Å². The lowest BCUT2D eigenvalue weighted by Gasteiger charge is -2.33. The molecule has 7 heteroatoms. The fraction of sp³-hybridized carbons (Fsp3) is 0.900. The molecule has 0 aromatic heterocycles. The predicted octanol–water partition coefficient (Wildman–Crippen LogP) is 0.761. The Labute approximate surface area is 109 Å². The van der Waals surface area contributed by atoms with Gasteiger partial charge in [0.15, 0.2) is 0 Å². The second-order valence-corrected chi connectivity index (χ2v) is 6.73. The fourth-order valence-electron chi connectivity index (χ4n) is 1.75. The summed E-state index contributed by atoms with van der Waals surface area (Å²) in [4.78, 5) is 0.181. The van der Waals surface area contributed by atoms with Crippen LogP contribution in [-0.2, 0) is 10.2 Å². The van der Waals surface area contributed by atoms with Gasteiger partial charge >= 0.3 is 0 Å². The normalized spacial score (nSPS) is 22.0. The molecule has 0 amide bonds. The fourth-order valence-corrected chi connectivity index (χ4v) is 3.70. The van der Waals surface area contributed by atoms with Crippen LogP contribution in [0, 0.1) is 0 Å². The van der Waals surface area contributed by atoms with E-state index in [9.17, 15) is 8.42 Å². The molecule has 0 aliphatic carbocycles. The number of nitrogens with one attached hydrogen (secondary N) is 1. The molecule has 1 heterocycles. The molecule has 0 aromatic rings. The molecule has 1 unspecified atom stereocenters. The zero-order chi connectivity index (χ0) is 13.1. The molecule has 0 radical (unpaired) electrons. The molecule has 0 bridgehead atoms. The third kappa shape index (κ3) is 3.61. The van der Waals surface area contributed by atoms with Gasteiger partial charge in [0.2, 0.25) is 0 Å². The largest absolute Gasteiger partial charge is 0.392 e. The molecule has 100 valence electrons. The summed E-state index contributed by atoms with van der Waals surface area (Å²) in [6, 6.07) is 0. The third-order valence-corrected chi connectivity index (χ3v) is 5.46. The van der Waals surface area contributed by atoms with Crippen LogP contribution in [-0.4, -0.2) is 36.3 Å². The lowest BCUT2D eigenvalue weighted by molar-refractivity contribution is 0.335. The van der Waals surface area contributed by atoms with Gasteiger partial charge < -0.3 is 5.73 Å². The van der Waals surface area contributed by atoms with Crippen molar-refractivity contribution < 1.29 is 8.42 Å². The van der Waals surface area contributed by atoms with Crippen molar-refractivity contribution in [2.24, 2.45) is 5.73 Å². The highest BCUT2D eigenvalue weighted by Gasteiger charge is 2.34. The molecule has 1 atom stereocenters. The van der Waals surface area contributed by atoms with E-state index in [1.54, 1.807) is 6.92 Å². The van der Waals surface area contributed by atoms with E-state index in [0.717, 1.165) is 19.3 Å². The SMILES string of the molecule is CCC(C)(NS(=O)(=O)N1CCCCC1)C(N)=S. The third-order valence-electron chi connectivity index (χ3n) is 3.26. The lowest BCUT2D eigenvalue weighted by Crippen LogP contribution is -2.58. The molecule has 3 N–H and O–H groups in total. The van der Waals surface area contributed by atoms with Crippen LogP contribution >= 0.6 is 12.2 Å². The molecular formula is C10H21N3O2S2. The molecule has 5 nitrogen and oxygen atoms in total. The van der Waals surface area contributed by atoms with Crippen LogP contribution in [0.25, 0.3) is 0 Å². The zero-order valence-electron chi connectivity index (χ0n) is 10.4. The van der Waals surface area contributed by atoms with Gasteiger partial charge in [-0.1, -0.05) is 25.6 Å². The van der Waals surface area contributed by atoms with Crippen LogP contribution in [0.15, 0.2) is 0 Å². The zero-order valence-corrected chi connectivity index (χ0v) is 12.0. The van der Waals surface area contributed by atoms with Crippen LogP contribution in [0.3, 0.4) is 0 Å². The van der Waals surface area contributed by atoms with E-state index >= 15 is 0 Å². The Balaban J connectivity index is 2.80. The lowest BCUT2D eigenvalue weighted by atomic mass is 10.0. The average Bonchev–Trinajstić information content (AvgIpc) is 2.29. The highest BCUT2D eigenvalue weighted by molar-refractivity contribution is 7.87. The monoisotopic (exact) mass is 279 g/mol. The molecule has 1 aliphatic rings. The minimum absolute atomic E-state index is 0.181. The Kier molecular flexibility index (Phi) is 4.88. The standard InChI is InChI=1S/C10H21N3O2S2/c1-3-10(2,9(11)16)12-17(14,15)13-7-5-4-6-8-13/h12H,3-8H2,1-2H3,(H2,11,16). The molecule has 1 rings (SSSR count). The summed E-state index contributed by atoms with van der Waals surface area (Å²) < 4.78 is 28.4. The number of thiocarbonyl (C=S) groups is 1. The molecule has 1 fully saturated rings. The van der Waals surface area contributed by atoms with Gasteiger partial charge in [0.05, 0.1) is 10.5 Å². The maximum absolute atomic E-state index is 12.2. The minimum Gasteiger partial charge on any atom is -0.392 e. The average molecular weight is 279 g/mol. The summed E-state index contributed by atoms with van der Waals surface area (Å²) in [7, 11) is -3.48. The van der Waals surface area contributed by atoms with Gasteiger partial charge in [-0.25, -0.2) is 0 Å². The first-order chi connectivity index (χ1) is 7.82. The molecule has 1 saturated heterocycles.